The highest BCUT2D eigenvalue weighted by molar-refractivity contribution is 5.98. The van der Waals surface area contributed by atoms with Crippen molar-refractivity contribution in [2.45, 2.75) is 18.4 Å². The zero-order valence-corrected chi connectivity index (χ0v) is 14.8. The van der Waals surface area contributed by atoms with Crippen molar-refractivity contribution in [1.82, 2.24) is 0 Å². The molecule has 1 aliphatic rings. The number of carbonyl (C=O) groups excluding carboxylic acids is 1. The molecule has 7 nitrogen and oxygen atoms in total. The van der Waals surface area contributed by atoms with E-state index in [1.165, 1.54) is 0 Å². The predicted octanol–water partition coefficient (Wildman–Crippen LogP) is 1.59. The number of ether oxygens (including phenoxy) is 4. The second-order valence-corrected chi connectivity index (χ2v) is 5.43. The first-order chi connectivity index (χ1) is 11.1. The third-order valence-corrected chi connectivity index (χ3v) is 3.80. The Bertz CT molecular complexity index is 535. The van der Waals surface area contributed by atoms with Crippen molar-refractivity contribution in [2.75, 3.05) is 46.0 Å². The lowest BCUT2D eigenvalue weighted by Gasteiger charge is -2.31. The van der Waals surface area contributed by atoms with Crippen molar-refractivity contribution in [1.29, 1.82) is 0 Å². The van der Waals surface area contributed by atoms with Gasteiger partial charge in [0.05, 0.1) is 13.7 Å². The van der Waals surface area contributed by atoms with E-state index in [1.54, 1.807) is 32.4 Å². The second-order valence-electron chi connectivity index (χ2n) is 5.43. The third-order valence-electron chi connectivity index (χ3n) is 3.80. The zero-order valence-electron chi connectivity index (χ0n) is 14.0. The van der Waals surface area contributed by atoms with Crippen LogP contribution in [0.4, 0.5) is 5.69 Å². The molecule has 0 unspecified atom stereocenters. The molecule has 1 aromatic rings. The summed E-state index contributed by atoms with van der Waals surface area (Å²) in [7, 11) is 3.17. The number of carbonyl (C=O) groups is 1. The van der Waals surface area contributed by atoms with Gasteiger partial charge in [-0.2, -0.15) is 0 Å². The average Bonchev–Trinajstić information content (AvgIpc) is 2.56. The van der Waals surface area contributed by atoms with Crippen molar-refractivity contribution in [3.63, 3.8) is 0 Å². The van der Waals surface area contributed by atoms with Crippen LogP contribution in [0.25, 0.3) is 0 Å². The molecular weight excluding hydrogens is 336 g/mol. The third kappa shape index (κ3) is 5.24. The maximum absolute atomic E-state index is 12.4. The van der Waals surface area contributed by atoms with Gasteiger partial charge >= 0.3 is 0 Å². The smallest absolute Gasteiger partial charge is 0.244 e. The SMILES string of the molecule is COCCOc1cc(NC(=O)C2(N)CCOCC2)ccc1OC.Cl. The van der Waals surface area contributed by atoms with Crippen LogP contribution in [0.2, 0.25) is 0 Å². The first-order valence-electron chi connectivity index (χ1n) is 7.57. The molecule has 136 valence electrons. The summed E-state index contributed by atoms with van der Waals surface area (Å²) in [6, 6.07) is 5.21. The van der Waals surface area contributed by atoms with Crippen molar-refractivity contribution in [2.24, 2.45) is 5.73 Å². The number of methoxy groups -OCH3 is 2. The lowest BCUT2D eigenvalue weighted by Crippen LogP contribution is -2.54. The summed E-state index contributed by atoms with van der Waals surface area (Å²) in [5, 5.41) is 2.85. The number of nitrogens with one attached hydrogen (secondary N) is 1. The number of nitrogens with two attached hydrogens (primary N) is 1. The number of hydrogen-bond donors (Lipinski definition) is 2. The zero-order chi connectivity index (χ0) is 16.7. The molecule has 1 fully saturated rings. The summed E-state index contributed by atoms with van der Waals surface area (Å²) >= 11 is 0. The van der Waals surface area contributed by atoms with Crippen LogP contribution in [0.1, 0.15) is 12.8 Å². The summed E-state index contributed by atoms with van der Waals surface area (Å²) in [4.78, 5) is 12.4. The van der Waals surface area contributed by atoms with E-state index in [1.807, 2.05) is 0 Å². The van der Waals surface area contributed by atoms with E-state index >= 15 is 0 Å². The predicted molar refractivity (Wildman–Crippen MR) is 93.2 cm³/mol. The molecule has 0 saturated carbocycles. The normalized spacial score (nSPS) is 16.0. The van der Waals surface area contributed by atoms with Gasteiger partial charge in [0, 0.05) is 32.1 Å². The van der Waals surface area contributed by atoms with Crippen molar-refractivity contribution >= 4 is 24.0 Å². The summed E-state index contributed by atoms with van der Waals surface area (Å²) < 4.78 is 21.1. The molecule has 1 saturated heterocycles. The Balaban J connectivity index is 0.00000288. The van der Waals surface area contributed by atoms with Crippen LogP contribution in [0.15, 0.2) is 18.2 Å². The molecule has 1 aromatic carbocycles. The van der Waals surface area contributed by atoms with Crippen LogP contribution in [0, 0.1) is 0 Å². The number of amides is 1. The molecule has 0 aromatic heterocycles. The molecule has 0 bridgehead atoms. The second kappa shape index (κ2) is 9.68. The fraction of sp³-hybridized carbons (Fsp3) is 0.562. The Morgan fingerprint density at radius 3 is 2.58 bits per heavy atom. The number of rotatable bonds is 7. The number of benzene rings is 1. The molecular formula is C16H25ClN2O5. The van der Waals surface area contributed by atoms with E-state index in [4.69, 9.17) is 24.7 Å². The Morgan fingerprint density at radius 1 is 1.25 bits per heavy atom. The molecule has 1 amide bonds. The van der Waals surface area contributed by atoms with Crippen molar-refractivity contribution < 1.29 is 23.7 Å². The molecule has 0 radical (unpaired) electrons. The van der Waals surface area contributed by atoms with Gasteiger partial charge in [-0.05, 0) is 25.0 Å². The van der Waals surface area contributed by atoms with Gasteiger partial charge in [-0.1, -0.05) is 0 Å². The van der Waals surface area contributed by atoms with Gasteiger partial charge in [-0.25, -0.2) is 0 Å². The highest BCUT2D eigenvalue weighted by atomic mass is 35.5. The maximum Gasteiger partial charge on any atom is 0.244 e. The minimum absolute atomic E-state index is 0. The molecule has 2 rings (SSSR count). The Hall–Kier alpha value is -1.54. The van der Waals surface area contributed by atoms with Gasteiger partial charge in [0.1, 0.15) is 12.1 Å². The maximum atomic E-state index is 12.4. The lowest BCUT2D eigenvalue weighted by atomic mass is 9.90. The Kier molecular flexibility index (Phi) is 8.27. The number of halogens is 1. The Labute approximate surface area is 148 Å². The van der Waals surface area contributed by atoms with E-state index in [9.17, 15) is 4.79 Å². The number of anilines is 1. The van der Waals surface area contributed by atoms with Gasteiger partial charge < -0.3 is 30.0 Å². The van der Waals surface area contributed by atoms with E-state index in [2.05, 4.69) is 5.32 Å². The van der Waals surface area contributed by atoms with Gasteiger partial charge in [-0.3, -0.25) is 4.79 Å². The standard InChI is InChI=1S/C16H24N2O5.ClH/c1-20-9-10-23-14-11-12(3-4-13(14)21-2)18-15(19)16(17)5-7-22-8-6-16;/h3-4,11H,5-10,17H2,1-2H3,(H,18,19);1H. The molecule has 1 aliphatic heterocycles. The summed E-state index contributed by atoms with van der Waals surface area (Å²) in [5.41, 5.74) is 5.90. The van der Waals surface area contributed by atoms with Crippen LogP contribution in [0.5, 0.6) is 11.5 Å². The van der Waals surface area contributed by atoms with E-state index < -0.39 is 5.54 Å². The van der Waals surface area contributed by atoms with E-state index in [-0.39, 0.29) is 18.3 Å². The quantitative estimate of drug-likeness (QED) is 0.717. The topological polar surface area (TPSA) is 92.0 Å². The Morgan fingerprint density at radius 2 is 1.96 bits per heavy atom. The van der Waals surface area contributed by atoms with Crippen molar-refractivity contribution in [3.8, 4) is 11.5 Å². The monoisotopic (exact) mass is 360 g/mol. The molecule has 1 heterocycles. The highest BCUT2D eigenvalue weighted by Crippen LogP contribution is 2.31. The van der Waals surface area contributed by atoms with Crippen molar-refractivity contribution in [3.05, 3.63) is 18.2 Å². The summed E-state index contributed by atoms with van der Waals surface area (Å²) in [6.45, 7) is 1.85. The van der Waals surface area contributed by atoms with E-state index in [0.29, 0.717) is 56.5 Å². The molecule has 24 heavy (non-hydrogen) atoms. The molecule has 8 heteroatoms. The first-order valence-corrected chi connectivity index (χ1v) is 7.57. The summed E-state index contributed by atoms with van der Waals surface area (Å²) in [5.74, 6) is 0.918. The minimum atomic E-state index is -0.894. The molecule has 0 aliphatic carbocycles. The summed E-state index contributed by atoms with van der Waals surface area (Å²) in [6.07, 6.45) is 1.01. The molecule has 0 spiro atoms. The minimum Gasteiger partial charge on any atom is -0.493 e. The fourth-order valence-electron chi connectivity index (χ4n) is 2.32. The van der Waals surface area contributed by atoms with Gasteiger partial charge in [-0.15, -0.1) is 12.4 Å². The molecule has 0 atom stereocenters. The van der Waals surface area contributed by atoms with Gasteiger partial charge in [0.15, 0.2) is 11.5 Å². The fourth-order valence-corrected chi connectivity index (χ4v) is 2.32. The lowest BCUT2D eigenvalue weighted by molar-refractivity contribution is -0.124. The van der Waals surface area contributed by atoms with Crippen LogP contribution >= 0.6 is 12.4 Å². The van der Waals surface area contributed by atoms with Crippen LogP contribution in [-0.4, -0.2) is 52.1 Å². The van der Waals surface area contributed by atoms with Gasteiger partial charge in [0.2, 0.25) is 5.91 Å². The van der Waals surface area contributed by atoms with Crippen LogP contribution in [-0.2, 0) is 14.3 Å². The van der Waals surface area contributed by atoms with Gasteiger partial charge in [0.25, 0.3) is 0 Å². The van der Waals surface area contributed by atoms with Crippen LogP contribution < -0.4 is 20.5 Å². The highest BCUT2D eigenvalue weighted by Gasteiger charge is 2.36. The van der Waals surface area contributed by atoms with Crippen LogP contribution in [0.3, 0.4) is 0 Å². The molecule has 3 N–H and O–H groups in total. The van der Waals surface area contributed by atoms with E-state index in [0.717, 1.165) is 0 Å². The largest absolute Gasteiger partial charge is 0.493 e. The number of hydrogen-bond acceptors (Lipinski definition) is 6. The average molecular weight is 361 g/mol. The first kappa shape index (κ1) is 20.5.